The maximum Gasteiger partial charge on any atom is 0.244 e. The first kappa shape index (κ1) is 16.7. The zero-order chi connectivity index (χ0) is 15.8. The van der Waals surface area contributed by atoms with Gasteiger partial charge < -0.3 is 5.73 Å². The molecule has 0 spiro atoms. The quantitative estimate of drug-likeness (QED) is 0.924. The van der Waals surface area contributed by atoms with Crippen LogP contribution in [0.1, 0.15) is 25.3 Å². The standard InChI is InChI=1S/C14H20ClFN2O2S/c1-9-6-14(12(15)7-13(9)16)21(19,20)18-5-3-4-11(8-18)10(2)17/h6-7,10-11H,3-5,8,17H2,1-2H3/t10-,11+/m1/s1. The molecule has 1 saturated heterocycles. The average molecular weight is 335 g/mol. The van der Waals surface area contributed by atoms with Crippen molar-refractivity contribution in [2.45, 2.75) is 37.6 Å². The third-order valence-electron chi connectivity index (χ3n) is 4.00. The Morgan fingerprint density at radius 2 is 2.14 bits per heavy atom. The lowest BCUT2D eigenvalue weighted by molar-refractivity contribution is 0.243. The van der Waals surface area contributed by atoms with Crippen molar-refractivity contribution >= 4 is 21.6 Å². The molecular formula is C14H20ClFN2O2S. The Morgan fingerprint density at radius 3 is 2.76 bits per heavy atom. The normalized spacial score (nSPS) is 22.2. The van der Waals surface area contributed by atoms with Crippen molar-refractivity contribution in [1.82, 2.24) is 4.31 Å². The number of hydrogen-bond acceptors (Lipinski definition) is 3. The zero-order valence-electron chi connectivity index (χ0n) is 12.1. The van der Waals surface area contributed by atoms with Crippen LogP contribution in [0.15, 0.2) is 17.0 Å². The van der Waals surface area contributed by atoms with Crippen LogP contribution in [0.5, 0.6) is 0 Å². The second kappa shape index (κ2) is 6.20. The highest BCUT2D eigenvalue weighted by Crippen LogP contribution is 2.30. The first-order valence-corrected chi connectivity index (χ1v) is 8.76. The van der Waals surface area contributed by atoms with Crippen LogP contribution in [0, 0.1) is 18.7 Å². The summed E-state index contributed by atoms with van der Waals surface area (Å²) in [5.74, 6) is -0.375. The van der Waals surface area contributed by atoms with E-state index in [-0.39, 0.29) is 27.4 Å². The lowest BCUT2D eigenvalue weighted by atomic mass is 9.93. The van der Waals surface area contributed by atoms with Gasteiger partial charge in [0, 0.05) is 19.1 Å². The van der Waals surface area contributed by atoms with Gasteiger partial charge >= 0.3 is 0 Å². The third-order valence-corrected chi connectivity index (χ3v) is 6.32. The number of aryl methyl sites for hydroxylation is 1. The van der Waals surface area contributed by atoms with Crippen LogP contribution in [-0.2, 0) is 10.0 Å². The highest BCUT2D eigenvalue weighted by atomic mass is 35.5. The van der Waals surface area contributed by atoms with E-state index in [1.165, 1.54) is 17.3 Å². The van der Waals surface area contributed by atoms with E-state index in [0.717, 1.165) is 18.9 Å². The molecule has 1 aromatic rings. The first-order valence-electron chi connectivity index (χ1n) is 6.95. The van der Waals surface area contributed by atoms with E-state index in [0.29, 0.717) is 13.1 Å². The van der Waals surface area contributed by atoms with Gasteiger partial charge in [-0.3, -0.25) is 0 Å². The summed E-state index contributed by atoms with van der Waals surface area (Å²) in [6.45, 7) is 4.23. The highest BCUT2D eigenvalue weighted by molar-refractivity contribution is 7.89. The van der Waals surface area contributed by atoms with E-state index < -0.39 is 15.8 Å². The second-order valence-electron chi connectivity index (χ2n) is 5.66. The fraction of sp³-hybridized carbons (Fsp3) is 0.571. The predicted octanol–water partition coefficient (Wildman–Crippen LogP) is 2.54. The molecule has 118 valence electrons. The van der Waals surface area contributed by atoms with E-state index in [1.807, 2.05) is 6.92 Å². The maximum atomic E-state index is 13.4. The van der Waals surface area contributed by atoms with Crippen LogP contribution in [0.3, 0.4) is 0 Å². The Hall–Kier alpha value is -0.690. The summed E-state index contributed by atoms with van der Waals surface area (Å²) in [5, 5.41) is -0.0824. The topological polar surface area (TPSA) is 63.4 Å². The first-order chi connectivity index (χ1) is 9.73. The van der Waals surface area contributed by atoms with Crippen molar-refractivity contribution in [1.29, 1.82) is 0 Å². The minimum absolute atomic E-state index is 0.0339. The smallest absolute Gasteiger partial charge is 0.244 e. The van der Waals surface area contributed by atoms with Gasteiger partial charge in [0.25, 0.3) is 0 Å². The molecule has 0 aliphatic carbocycles. The van der Waals surface area contributed by atoms with Crippen molar-refractivity contribution in [3.8, 4) is 0 Å². The van der Waals surface area contributed by atoms with E-state index in [1.54, 1.807) is 0 Å². The van der Waals surface area contributed by atoms with Crippen molar-refractivity contribution in [2.24, 2.45) is 11.7 Å². The molecule has 0 aromatic heterocycles. The molecule has 0 bridgehead atoms. The minimum atomic E-state index is -3.72. The van der Waals surface area contributed by atoms with Gasteiger partial charge in [0.2, 0.25) is 10.0 Å². The Bertz CT molecular complexity index is 634. The third kappa shape index (κ3) is 3.39. The Kier molecular flexibility index (Phi) is 4.92. The molecule has 2 atom stereocenters. The summed E-state index contributed by atoms with van der Waals surface area (Å²) in [4.78, 5) is -0.0339. The molecule has 1 aliphatic heterocycles. The number of benzene rings is 1. The van der Waals surface area contributed by atoms with Crippen LogP contribution >= 0.6 is 11.6 Å². The van der Waals surface area contributed by atoms with Gasteiger partial charge in [-0.1, -0.05) is 11.6 Å². The molecule has 2 rings (SSSR count). The summed E-state index contributed by atoms with van der Waals surface area (Å²) >= 11 is 5.93. The van der Waals surface area contributed by atoms with Crippen LogP contribution in [-0.4, -0.2) is 31.9 Å². The summed E-state index contributed by atoms with van der Waals surface area (Å²) in [6.07, 6.45) is 1.68. The fourth-order valence-corrected chi connectivity index (χ4v) is 4.70. The second-order valence-corrected chi connectivity index (χ2v) is 7.97. The Morgan fingerprint density at radius 1 is 1.48 bits per heavy atom. The van der Waals surface area contributed by atoms with Gasteiger partial charge in [0.1, 0.15) is 10.7 Å². The molecule has 0 saturated carbocycles. The van der Waals surface area contributed by atoms with Crippen LogP contribution in [0.25, 0.3) is 0 Å². The fourth-order valence-electron chi connectivity index (χ4n) is 2.59. The number of rotatable bonds is 3. The minimum Gasteiger partial charge on any atom is -0.328 e. The lowest BCUT2D eigenvalue weighted by Crippen LogP contribution is -2.45. The van der Waals surface area contributed by atoms with Crippen molar-refractivity contribution in [3.63, 3.8) is 0 Å². The number of nitrogens with two attached hydrogens (primary N) is 1. The molecule has 1 aromatic carbocycles. The molecule has 2 N–H and O–H groups in total. The lowest BCUT2D eigenvalue weighted by Gasteiger charge is -2.34. The van der Waals surface area contributed by atoms with Gasteiger partial charge in [-0.2, -0.15) is 4.31 Å². The van der Waals surface area contributed by atoms with Gasteiger partial charge in [0.05, 0.1) is 5.02 Å². The Balaban J connectivity index is 2.36. The SMILES string of the molecule is Cc1cc(S(=O)(=O)N2CCC[C@H]([C@@H](C)N)C2)c(Cl)cc1F. The molecular weight excluding hydrogens is 315 g/mol. The highest BCUT2D eigenvalue weighted by Gasteiger charge is 2.33. The number of sulfonamides is 1. The number of halogens is 2. The largest absolute Gasteiger partial charge is 0.328 e. The van der Waals surface area contributed by atoms with Gasteiger partial charge in [-0.25, -0.2) is 12.8 Å². The van der Waals surface area contributed by atoms with Crippen LogP contribution < -0.4 is 5.73 Å². The molecule has 0 amide bonds. The summed E-state index contributed by atoms with van der Waals surface area (Å²) in [7, 11) is -3.72. The number of piperidine rings is 1. The van der Waals surface area contributed by atoms with Crippen molar-refractivity contribution < 1.29 is 12.8 Å². The maximum absolute atomic E-state index is 13.4. The molecule has 0 radical (unpaired) electrons. The summed E-state index contributed by atoms with van der Waals surface area (Å²) in [6, 6.07) is 2.28. The molecule has 1 fully saturated rings. The molecule has 0 unspecified atom stereocenters. The van der Waals surface area contributed by atoms with E-state index >= 15 is 0 Å². The predicted molar refractivity (Wildman–Crippen MR) is 81.3 cm³/mol. The summed E-state index contributed by atoms with van der Waals surface area (Å²) in [5.41, 5.74) is 6.15. The van der Waals surface area contributed by atoms with Crippen LogP contribution in [0.4, 0.5) is 4.39 Å². The monoisotopic (exact) mass is 334 g/mol. The molecule has 1 heterocycles. The van der Waals surface area contributed by atoms with Gasteiger partial charge in [0.15, 0.2) is 0 Å². The number of nitrogens with zero attached hydrogens (tertiary/aromatic N) is 1. The van der Waals surface area contributed by atoms with Crippen LogP contribution in [0.2, 0.25) is 5.02 Å². The average Bonchev–Trinajstić information content (AvgIpc) is 2.42. The number of hydrogen-bond donors (Lipinski definition) is 1. The summed E-state index contributed by atoms with van der Waals surface area (Å²) < 4.78 is 40.3. The van der Waals surface area contributed by atoms with Crippen molar-refractivity contribution in [2.75, 3.05) is 13.1 Å². The van der Waals surface area contributed by atoms with E-state index in [2.05, 4.69) is 0 Å². The van der Waals surface area contributed by atoms with Crippen molar-refractivity contribution in [3.05, 3.63) is 28.5 Å². The van der Waals surface area contributed by atoms with E-state index in [9.17, 15) is 12.8 Å². The molecule has 21 heavy (non-hydrogen) atoms. The molecule has 4 nitrogen and oxygen atoms in total. The molecule has 7 heteroatoms. The molecule has 1 aliphatic rings. The Labute approximate surface area is 130 Å². The van der Waals surface area contributed by atoms with Gasteiger partial charge in [-0.05, 0) is 50.3 Å². The van der Waals surface area contributed by atoms with Gasteiger partial charge in [-0.15, -0.1) is 0 Å². The zero-order valence-corrected chi connectivity index (χ0v) is 13.7. The van der Waals surface area contributed by atoms with E-state index in [4.69, 9.17) is 17.3 Å².